The first-order valence-electron chi connectivity index (χ1n) is 24.4. The summed E-state index contributed by atoms with van der Waals surface area (Å²) < 4.78 is 2.48. The smallest absolute Gasteiger partial charge is 0.0715 e. The molecule has 0 saturated heterocycles. The van der Waals surface area contributed by atoms with E-state index in [1.165, 1.54) is 77.2 Å². The lowest BCUT2D eigenvalue weighted by atomic mass is 9.67. The van der Waals surface area contributed by atoms with Crippen LogP contribution in [0.5, 0.6) is 0 Å². The van der Waals surface area contributed by atoms with Gasteiger partial charge in [-0.2, -0.15) is 0 Å². The summed E-state index contributed by atoms with van der Waals surface area (Å²) in [5, 5.41) is 4.81. The van der Waals surface area contributed by atoms with Gasteiger partial charge >= 0.3 is 0 Å². The average molecular weight is 905 g/mol. The van der Waals surface area contributed by atoms with E-state index < -0.39 is 5.41 Å². The Morgan fingerprint density at radius 2 is 0.859 bits per heavy atom. The molecule has 1 aliphatic rings. The molecule has 0 atom stereocenters. The van der Waals surface area contributed by atoms with E-state index in [1.807, 2.05) is 12.2 Å². The molecular weight excluding hydrogens is 857 g/mol. The van der Waals surface area contributed by atoms with E-state index in [1.54, 1.807) is 0 Å². The summed E-state index contributed by atoms with van der Waals surface area (Å²) in [6.45, 7) is 7.98. The first-order valence-corrected chi connectivity index (χ1v) is 24.4. The van der Waals surface area contributed by atoms with E-state index >= 15 is 0 Å². The van der Waals surface area contributed by atoms with Crippen LogP contribution < -0.4 is 4.90 Å². The normalized spacial score (nSPS) is 12.5. The second-order valence-corrected chi connectivity index (χ2v) is 18.6. The van der Waals surface area contributed by atoms with Gasteiger partial charge in [0, 0.05) is 33.2 Å². The van der Waals surface area contributed by atoms with Crippen LogP contribution in [0.3, 0.4) is 0 Å². The molecule has 2 nitrogen and oxygen atoms in total. The molecule has 334 valence electrons. The molecule has 1 heterocycles. The Hall–Kier alpha value is -9.24. The lowest BCUT2D eigenvalue weighted by Gasteiger charge is -2.35. The number of aromatic nitrogens is 1. The van der Waals surface area contributed by atoms with Crippen molar-refractivity contribution >= 4 is 61.8 Å². The van der Waals surface area contributed by atoms with Gasteiger partial charge in [-0.25, -0.2) is 0 Å². The van der Waals surface area contributed by atoms with E-state index in [4.69, 9.17) is 0 Å². The minimum absolute atomic E-state index is 0.658. The van der Waals surface area contributed by atoms with Crippen LogP contribution in [0.1, 0.15) is 33.4 Å². The zero-order valence-corrected chi connectivity index (χ0v) is 39.2. The highest BCUT2D eigenvalue weighted by Gasteiger charge is 2.47. The Balaban J connectivity index is 1.06. The molecule has 0 aliphatic heterocycles. The number of benzene rings is 11. The molecule has 1 aromatic heterocycles. The van der Waals surface area contributed by atoms with Crippen molar-refractivity contribution in [1.82, 2.24) is 4.57 Å². The van der Waals surface area contributed by atoms with Gasteiger partial charge < -0.3 is 9.47 Å². The van der Waals surface area contributed by atoms with Crippen LogP contribution in [0.15, 0.2) is 268 Å². The number of para-hydroxylation sites is 1. The molecule has 0 N–H and O–H groups in total. The van der Waals surface area contributed by atoms with Crippen molar-refractivity contribution in [3.8, 4) is 39.1 Å². The monoisotopic (exact) mass is 904 g/mol. The maximum absolute atomic E-state index is 3.99. The van der Waals surface area contributed by atoms with Gasteiger partial charge in [-0.3, -0.25) is 0 Å². The third kappa shape index (κ3) is 6.79. The van der Waals surface area contributed by atoms with Crippen LogP contribution in [0.25, 0.3) is 83.8 Å². The van der Waals surface area contributed by atoms with E-state index in [0.29, 0.717) is 0 Å². The third-order valence-corrected chi connectivity index (χ3v) is 14.8. The molecule has 0 bridgehead atoms. The number of hydrogen-bond donors (Lipinski definition) is 0. The van der Waals surface area contributed by atoms with Crippen molar-refractivity contribution in [3.05, 3.63) is 301 Å². The molecule has 2 heteroatoms. The molecule has 0 spiro atoms. The molecular formula is C69H48N2. The van der Waals surface area contributed by atoms with Crippen molar-refractivity contribution in [1.29, 1.82) is 0 Å². The fourth-order valence-corrected chi connectivity index (χ4v) is 11.4. The first-order chi connectivity index (χ1) is 35.1. The molecule has 0 fully saturated rings. The summed E-state index contributed by atoms with van der Waals surface area (Å²) in [5.74, 6) is 0. The Morgan fingerprint density at radius 3 is 1.44 bits per heavy atom. The topological polar surface area (TPSA) is 8.17 Å². The number of rotatable bonds is 10. The second-order valence-electron chi connectivity index (χ2n) is 18.6. The zero-order valence-electron chi connectivity index (χ0n) is 39.2. The number of hydrogen-bond acceptors (Lipinski definition) is 1. The zero-order chi connectivity index (χ0) is 47.5. The molecule has 0 amide bonds. The van der Waals surface area contributed by atoms with Gasteiger partial charge in [0.2, 0.25) is 0 Å². The molecule has 1 aliphatic carbocycles. The Morgan fingerprint density at radius 1 is 0.366 bits per heavy atom. The molecule has 71 heavy (non-hydrogen) atoms. The maximum atomic E-state index is 3.99. The highest BCUT2D eigenvalue weighted by Crippen LogP contribution is 2.58. The lowest BCUT2D eigenvalue weighted by Crippen LogP contribution is -2.29. The lowest BCUT2D eigenvalue weighted by molar-refractivity contribution is 0.767. The highest BCUT2D eigenvalue weighted by atomic mass is 15.1. The maximum Gasteiger partial charge on any atom is 0.0715 e. The van der Waals surface area contributed by atoms with Crippen molar-refractivity contribution in [2.75, 3.05) is 4.90 Å². The van der Waals surface area contributed by atoms with Crippen molar-refractivity contribution < 1.29 is 0 Å². The van der Waals surface area contributed by atoms with E-state index in [2.05, 4.69) is 277 Å². The van der Waals surface area contributed by atoms with E-state index in [-0.39, 0.29) is 0 Å². The van der Waals surface area contributed by atoms with Crippen molar-refractivity contribution in [3.63, 3.8) is 0 Å². The fraction of sp³-hybridized carbons (Fsp3) is 0.0145. The minimum atomic E-state index is -0.658. The third-order valence-electron chi connectivity index (χ3n) is 14.8. The van der Waals surface area contributed by atoms with Crippen molar-refractivity contribution in [2.45, 2.75) is 5.41 Å². The number of nitrogens with zero attached hydrogens (tertiary/aromatic N) is 2. The van der Waals surface area contributed by atoms with Crippen LogP contribution in [-0.2, 0) is 5.41 Å². The largest absolute Gasteiger partial charge is 0.310 e. The molecule has 0 unspecified atom stereocenters. The number of fused-ring (bicyclic) bond motifs is 7. The highest BCUT2D eigenvalue weighted by molar-refractivity contribution is 6.12. The Kier molecular flexibility index (Phi) is 10.1. The minimum Gasteiger partial charge on any atom is -0.310 e. The quantitative estimate of drug-likeness (QED) is 0.133. The standard InChI is InChI=1S/C69H48N2/c1-3-47-27-31-49(32-28-47)52-35-41-67-62(43-52)63-44-53(50-33-29-48(4-2)30-34-50)36-42-68(63)71(67)58-38-40-61-60-39-37-57(70(56-23-12-7-13-24-56)66-26-16-18-51-17-14-15-25-59(51)66)45-64(60)69(65(61)46-58,54-19-8-5-9-20-54)55-21-10-6-11-22-55/h3-46H,1-2H2. The predicted octanol–water partition coefficient (Wildman–Crippen LogP) is 18.4. The SMILES string of the molecule is C=Cc1ccc(-c2ccc3c(c2)c2cc(-c4ccc(C=C)cc4)ccc2n3-c2ccc3c(c2)C(c2ccccc2)(c2ccccc2)c2cc(N(c4ccccc4)c4cccc5ccccc45)ccc2-3)cc1. The molecule has 0 radical (unpaired) electrons. The summed E-state index contributed by atoms with van der Waals surface area (Å²) in [4.78, 5) is 2.43. The van der Waals surface area contributed by atoms with Gasteiger partial charge in [0.05, 0.1) is 22.1 Å². The van der Waals surface area contributed by atoms with Gasteiger partial charge in [-0.1, -0.05) is 213 Å². The number of anilines is 3. The van der Waals surface area contributed by atoms with E-state index in [9.17, 15) is 0 Å². The second kappa shape index (κ2) is 17.1. The molecule has 13 rings (SSSR count). The van der Waals surface area contributed by atoms with Crippen LogP contribution in [0, 0.1) is 0 Å². The van der Waals surface area contributed by atoms with Crippen molar-refractivity contribution in [2.24, 2.45) is 0 Å². The predicted molar refractivity (Wildman–Crippen MR) is 301 cm³/mol. The fourth-order valence-electron chi connectivity index (χ4n) is 11.4. The summed E-state index contributed by atoms with van der Waals surface area (Å²) in [5.41, 5.74) is 20.4. The first kappa shape index (κ1) is 41.9. The Bertz CT molecular complexity index is 3840. The summed E-state index contributed by atoms with van der Waals surface area (Å²) in [7, 11) is 0. The van der Waals surface area contributed by atoms with Gasteiger partial charge in [-0.05, 0) is 139 Å². The van der Waals surface area contributed by atoms with Gasteiger partial charge in [0.25, 0.3) is 0 Å². The summed E-state index contributed by atoms with van der Waals surface area (Å²) in [6.07, 6.45) is 3.79. The van der Waals surface area contributed by atoms with Gasteiger partial charge in [0.15, 0.2) is 0 Å². The van der Waals surface area contributed by atoms with Crippen LogP contribution in [0.2, 0.25) is 0 Å². The van der Waals surface area contributed by atoms with Crippen LogP contribution in [0.4, 0.5) is 17.1 Å². The van der Waals surface area contributed by atoms with Crippen LogP contribution in [-0.4, -0.2) is 4.57 Å². The van der Waals surface area contributed by atoms with E-state index in [0.717, 1.165) is 44.9 Å². The molecule has 0 saturated carbocycles. The van der Waals surface area contributed by atoms with Crippen LogP contribution >= 0.6 is 0 Å². The molecule has 12 aromatic rings. The van der Waals surface area contributed by atoms with Gasteiger partial charge in [-0.15, -0.1) is 0 Å². The Labute approximate surface area is 415 Å². The summed E-state index contributed by atoms with van der Waals surface area (Å²) >= 11 is 0. The summed E-state index contributed by atoms with van der Waals surface area (Å²) in [6, 6.07) is 94.0. The van der Waals surface area contributed by atoms with Gasteiger partial charge in [0.1, 0.15) is 0 Å². The average Bonchev–Trinajstić information content (AvgIpc) is 3.93. The molecule has 11 aromatic carbocycles.